The normalized spacial score (nSPS) is 29.0. The van der Waals surface area contributed by atoms with Crippen LogP contribution < -0.4 is 16.8 Å². The number of ether oxygens (including phenoxy) is 1. The fourth-order valence-corrected chi connectivity index (χ4v) is 1.65. The van der Waals surface area contributed by atoms with E-state index < -0.39 is 49.1 Å². The number of urea groups is 1. The molecule has 12 heteroatoms. The van der Waals surface area contributed by atoms with E-state index in [9.17, 15) is 19.8 Å². The second-order valence-electron chi connectivity index (χ2n) is 4.02. The van der Waals surface area contributed by atoms with Crippen LogP contribution in [0.2, 0.25) is 0 Å². The van der Waals surface area contributed by atoms with Crippen molar-refractivity contribution >= 4 is 24.4 Å². The number of carbonyl (C=O) groups is 2. The molecule has 9 N–H and O–H groups in total. The van der Waals surface area contributed by atoms with Crippen molar-refractivity contribution in [2.75, 3.05) is 6.61 Å². The summed E-state index contributed by atoms with van der Waals surface area (Å²) in [7, 11) is 0. The second kappa shape index (κ2) is 6.94. The predicted molar refractivity (Wildman–Crippen MR) is 67.7 cm³/mol. The highest BCUT2D eigenvalue weighted by atomic mass is 16.6. The Morgan fingerprint density at radius 1 is 1.43 bits per heavy atom. The Morgan fingerprint density at radius 3 is 2.48 bits per heavy atom. The molecule has 1 unspecified atom stereocenters. The van der Waals surface area contributed by atoms with Gasteiger partial charge in [0.05, 0.1) is 6.61 Å². The van der Waals surface area contributed by atoms with Gasteiger partial charge in [0.1, 0.15) is 18.3 Å². The first kappa shape index (κ1) is 16.8. The summed E-state index contributed by atoms with van der Waals surface area (Å²) in [5, 5.41) is 37.4. The smallest absolute Gasteiger partial charge is 0.333 e. The molecule has 0 aliphatic carbocycles. The molecule has 118 valence electrons. The zero-order chi connectivity index (χ0) is 16.2. The number of nitrogens with zero attached hydrogens (tertiary/aromatic N) is 2. The number of carbonyl (C=O) groups excluding carboxylic acids is 2. The lowest BCUT2D eigenvalue weighted by Gasteiger charge is -2.23. The quantitative estimate of drug-likeness (QED) is 0.154. The van der Waals surface area contributed by atoms with Crippen molar-refractivity contribution in [3.8, 4) is 0 Å². The van der Waals surface area contributed by atoms with E-state index in [1.54, 1.807) is 0 Å². The number of amides is 3. The summed E-state index contributed by atoms with van der Waals surface area (Å²) in [5.41, 5.74) is 10.4. The molecule has 0 aromatic rings. The van der Waals surface area contributed by atoms with Crippen molar-refractivity contribution in [2.24, 2.45) is 16.5 Å². The zero-order valence-electron chi connectivity index (χ0n) is 10.7. The first-order valence-corrected chi connectivity index (χ1v) is 5.67. The summed E-state index contributed by atoms with van der Waals surface area (Å²) in [5.74, 6) is -1.50. The average molecular weight is 304 g/mol. The minimum Gasteiger partial charge on any atom is -0.394 e. The van der Waals surface area contributed by atoms with Crippen molar-refractivity contribution < 1.29 is 29.6 Å². The van der Waals surface area contributed by atoms with E-state index in [0.717, 1.165) is 0 Å². The van der Waals surface area contributed by atoms with E-state index in [4.69, 9.17) is 26.7 Å². The van der Waals surface area contributed by atoms with Crippen LogP contribution in [0.1, 0.15) is 0 Å². The van der Waals surface area contributed by atoms with Crippen molar-refractivity contribution in [3.05, 3.63) is 0 Å². The molecule has 0 aromatic heterocycles. The Hall–Kier alpha value is -2.28. The van der Waals surface area contributed by atoms with Gasteiger partial charge in [-0.1, -0.05) is 0 Å². The summed E-state index contributed by atoms with van der Waals surface area (Å²) < 4.78 is 5.01. The van der Waals surface area contributed by atoms with Gasteiger partial charge in [-0.15, -0.1) is 0 Å². The molecule has 1 aliphatic heterocycles. The molecule has 4 atom stereocenters. The topological polar surface area (TPSA) is 208 Å². The molecule has 1 saturated heterocycles. The number of nitrogens with one attached hydrogen (secondary N) is 2. The van der Waals surface area contributed by atoms with E-state index in [-0.39, 0.29) is 6.41 Å². The van der Waals surface area contributed by atoms with Crippen molar-refractivity contribution in [1.82, 2.24) is 10.2 Å². The molecular weight excluding hydrogens is 288 g/mol. The first-order chi connectivity index (χ1) is 9.83. The van der Waals surface area contributed by atoms with Gasteiger partial charge in [0, 0.05) is 0 Å². The molecule has 1 heterocycles. The lowest BCUT2D eigenvalue weighted by atomic mass is 10.1. The zero-order valence-corrected chi connectivity index (χ0v) is 10.7. The highest BCUT2D eigenvalue weighted by Crippen LogP contribution is 2.19. The lowest BCUT2D eigenvalue weighted by Crippen LogP contribution is -2.56. The molecule has 12 nitrogen and oxygen atoms in total. The highest BCUT2D eigenvalue weighted by Gasteiger charge is 2.43. The van der Waals surface area contributed by atoms with Crippen LogP contribution in [-0.4, -0.2) is 75.7 Å². The minimum absolute atomic E-state index is 0.0466. The van der Waals surface area contributed by atoms with Crippen molar-refractivity contribution in [1.29, 1.82) is 5.41 Å². The van der Waals surface area contributed by atoms with Gasteiger partial charge in [0.2, 0.25) is 18.3 Å². The largest absolute Gasteiger partial charge is 0.394 e. The Kier molecular flexibility index (Phi) is 5.54. The molecule has 21 heavy (non-hydrogen) atoms. The minimum atomic E-state index is -1.51. The number of rotatable bonds is 3. The molecule has 0 radical (unpaired) electrons. The first-order valence-electron chi connectivity index (χ1n) is 5.67. The predicted octanol–water partition coefficient (Wildman–Crippen LogP) is -4.20. The fraction of sp³-hybridized carbons (Fsp3) is 0.556. The second-order valence-corrected chi connectivity index (χ2v) is 4.02. The van der Waals surface area contributed by atoms with E-state index in [2.05, 4.69) is 10.3 Å². The van der Waals surface area contributed by atoms with Gasteiger partial charge >= 0.3 is 6.03 Å². The molecule has 1 aliphatic rings. The molecule has 0 bridgehead atoms. The standard InChI is InChI=1S/C9H16N6O6/c10-7(11)15(8(12)13-2-17)9(20)14-6-5(19)4(18)3(1-16)21-6/h2-6,16,18-19H,1H2,(H3,10,11)(H,14,20)(H2,12,13,17)/t3-,4-,5-,6?/m1/s1. The summed E-state index contributed by atoms with van der Waals surface area (Å²) in [6.07, 6.45) is -5.32. The van der Waals surface area contributed by atoms with Gasteiger partial charge in [0.25, 0.3) is 0 Å². The molecule has 0 spiro atoms. The van der Waals surface area contributed by atoms with Crippen molar-refractivity contribution in [2.45, 2.75) is 24.5 Å². The molecule has 0 aromatic carbocycles. The van der Waals surface area contributed by atoms with E-state index in [1.807, 2.05) is 0 Å². The third-order valence-corrected chi connectivity index (χ3v) is 2.67. The molecular formula is C9H16N6O6. The summed E-state index contributed by atoms with van der Waals surface area (Å²) in [4.78, 5) is 25.5. The van der Waals surface area contributed by atoms with Gasteiger partial charge in [-0.05, 0) is 0 Å². The number of aliphatic hydroxyl groups is 3. The van der Waals surface area contributed by atoms with Gasteiger partial charge in [-0.3, -0.25) is 10.2 Å². The average Bonchev–Trinajstić information content (AvgIpc) is 2.66. The maximum Gasteiger partial charge on any atom is 0.333 e. The Balaban J connectivity index is 2.81. The molecule has 1 rings (SSSR count). The third-order valence-electron chi connectivity index (χ3n) is 2.67. The van der Waals surface area contributed by atoms with E-state index in [1.165, 1.54) is 0 Å². The Morgan fingerprint density at radius 2 is 2.05 bits per heavy atom. The van der Waals surface area contributed by atoms with Gasteiger partial charge in [0.15, 0.2) is 6.23 Å². The maximum atomic E-state index is 11.9. The van der Waals surface area contributed by atoms with Crippen LogP contribution in [0.3, 0.4) is 0 Å². The van der Waals surface area contributed by atoms with Crippen LogP contribution in [-0.2, 0) is 9.53 Å². The van der Waals surface area contributed by atoms with Crippen LogP contribution in [0.25, 0.3) is 0 Å². The van der Waals surface area contributed by atoms with E-state index in [0.29, 0.717) is 4.90 Å². The number of guanidine groups is 2. The number of aliphatic imine (C=N–C) groups is 1. The molecule has 0 saturated carbocycles. The summed E-state index contributed by atoms with van der Waals surface area (Å²) in [6, 6.07) is -1.11. The fourth-order valence-electron chi connectivity index (χ4n) is 1.65. The number of hydrogen-bond donors (Lipinski definition) is 7. The molecule has 1 fully saturated rings. The number of nitrogens with two attached hydrogens (primary N) is 2. The number of aliphatic hydroxyl groups excluding tert-OH is 3. The van der Waals surface area contributed by atoms with Gasteiger partial charge < -0.3 is 36.8 Å². The van der Waals surface area contributed by atoms with Gasteiger partial charge in [-0.25, -0.2) is 9.69 Å². The van der Waals surface area contributed by atoms with Crippen LogP contribution >= 0.6 is 0 Å². The Labute approximate surface area is 118 Å². The molecule has 3 amide bonds. The van der Waals surface area contributed by atoms with E-state index >= 15 is 0 Å². The van der Waals surface area contributed by atoms with Gasteiger partial charge in [-0.2, -0.15) is 4.99 Å². The summed E-state index contributed by atoms with van der Waals surface area (Å²) in [6.45, 7) is -0.574. The number of hydrogen-bond acceptors (Lipinski definition) is 7. The van der Waals surface area contributed by atoms with Crippen LogP contribution in [0.4, 0.5) is 4.79 Å². The third kappa shape index (κ3) is 3.63. The van der Waals surface area contributed by atoms with Crippen LogP contribution in [0.15, 0.2) is 4.99 Å². The van der Waals surface area contributed by atoms with Crippen molar-refractivity contribution in [3.63, 3.8) is 0 Å². The SMILES string of the molecule is N=C(N)N(C(=O)NC1O[C@H](CO)[C@@H](O)[C@H]1O)C(N)=NC=O. The maximum absolute atomic E-state index is 11.9. The van der Waals surface area contributed by atoms with Crippen LogP contribution in [0.5, 0.6) is 0 Å². The van der Waals surface area contributed by atoms with Crippen LogP contribution in [0, 0.1) is 5.41 Å². The Bertz CT molecular complexity index is 456. The monoisotopic (exact) mass is 304 g/mol. The summed E-state index contributed by atoms with van der Waals surface area (Å²) >= 11 is 0. The lowest BCUT2D eigenvalue weighted by molar-refractivity contribution is -0.106. The highest BCUT2D eigenvalue weighted by molar-refractivity contribution is 6.11.